The van der Waals surface area contributed by atoms with Crippen LogP contribution >= 0.6 is 23.2 Å². The van der Waals surface area contributed by atoms with E-state index in [4.69, 9.17) is 61.6 Å². The van der Waals surface area contributed by atoms with Crippen molar-refractivity contribution < 1.29 is 28.4 Å². The number of piperazine rings is 5. The second-order valence-corrected chi connectivity index (χ2v) is 35.0. The van der Waals surface area contributed by atoms with Crippen LogP contribution < -0.4 is 102 Å². The van der Waals surface area contributed by atoms with E-state index in [1.54, 1.807) is 92.9 Å². The zero-order chi connectivity index (χ0) is 96.2. The minimum atomic E-state index is -0.119. The van der Waals surface area contributed by atoms with E-state index in [1.807, 2.05) is 184 Å². The van der Waals surface area contributed by atoms with Gasteiger partial charge in [-0.1, -0.05) is 23.2 Å². The molecule has 12 aromatic heterocycles. The molecule has 0 saturated carbocycles. The van der Waals surface area contributed by atoms with Crippen molar-refractivity contribution in [3.8, 4) is 90.8 Å². The summed E-state index contributed by atoms with van der Waals surface area (Å²) in [6, 6.07) is 54.1. The van der Waals surface area contributed by atoms with Crippen LogP contribution in [-0.2, 0) is 0 Å². The predicted octanol–water partition coefficient (Wildman–Crippen LogP) is 12.1. The van der Waals surface area contributed by atoms with Crippen LogP contribution in [0.2, 0.25) is 10.0 Å². The first kappa shape index (κ1) is 95.3. The van der Waals surface area contributed by atoms with E-state index >= 15 is 0 Å². The van der Waals surface area contributed by atoms with Crippen molar-refractivity contribution in [3.05, 3.63) is 287 Å². The van der Waals surface area contributed by atoms with Crippen LogP contribution in [0.1, 0.15) is 33.4 Å². The number of aryl methyl sites for hydroxylation is 1. The third-order valence-electron chi connectivity index (χ3n) is 24.8. The number of rotatable bonds is 18. The number of halogens is 2. The summed E-state index contributed by atoms with van der Waals surface area (Å²) < 4.78 is 42.3. The fourth-order valence-corrected chi connectivity index (χ4v) is 18.0. The number of pyridine rings is 6. The van der Waals surface area contributed by atoms with E-state index < -0.39 is 0 Å². The van der Waals surface area contributed by atoms with Crippen molar-refractivity contribution in [1.82, 2.24) is 82.5 Å². The van der Waals surface area contributed by atoms with Gasteiger partial charge in [-0.05, 0) is 187 Å². The summed E-state index contributed by atoms with van der Waals surface area (Å²) in [4.78, 5) is 105. The van der Waals surface area contributed by atoms with Gasteiger partial charge < -0.3 is 83.5 Å². The number of imidazole rings is 1. The van der Waals surface area contributed by atoms with Crippen LogP contribution in [0, 0.1) is 6.92 Å². The highest BCUT2D eigenvalue weighted by Crippen LogP contribution is 2.37. The summed E-state index contributed by atoms with van der Waals surface area (Å²) in [5, 5.41) is 14.5. The number of benzene rings is 4. The molecule has 0 radical (unpaired) electrons. The van der Waals surface area contributed by atoms with Crippen molar-refractivity contribution in [2.75, 3.05) is 191 Å². The number of likely N-dealkylation sites (N-methyl/N-ethyl adjacent to an activating group) is 1. The maximum atomic E-state index is 12.8. The average molecular weight is 1910 g/mol. The maximum absolute atomic E-state index is 12.8. The highest BCUT2D eigenvalue weighted by molar-refractivity contribution is 6.32. The molecule has 21 rings (SSSR count). The lowest BCUT2D eigenvalue weighted by atomic mass is 10.1. The van der Waals surface area contributed by atoms with Crippen molar-refractivity contribution in [3.63, 3.8) is 0 Å². The van der Waals surface area contributed by atoms with E-state index in [0.717, 1.165) is 185 Å². The molecular weight excluding hydrogens is 1790 g/mol. The number of nitrogens with zero attached hydrogens (tertiary/aromatic N) is 18. The number of nitrogens with one attached hydrogen (secondary N) is 4. The SMILES string of the molecule is CCOc1cc(-c2cc(=O)n3cc(N4CCNCC4)ccc3n2)ccc1OC.CCOc1cc(-c2cc(=O)n3cc(N4CCN[C@@H](C)C4)ccc3n2)ccc1OC.COc1ccc(-c2cc(=O)n3cc(N4CCNCC4)ccc3n2)cc1Cl.COc1ccc(-c2cc(=O)n3cc(N4CCN[C@@H](C)C4)ccc3n2)cc1Cl.Cc1cn2cc(-c3cc(=O)n4cc(N5CCN(C)CC5)ccc4n3)ccc2n1. The summed E-state index contributed by atoms with van der Waals surface area (Å²) in [6.07, 6.45) is 13.3. The van der Waals surface area contributed by atoms with Crippen LogP contribution in [0.5, 0.6) is 34.5 Å². The zero-order valence-electron chi connectivity index (χ0n) is 78.9. The van der Waals surface area contributed by atoms with Gasteiger partial charge in [-0.3, -0.25) is 46.0 Å². The average Bonchev–Trinajstić information content (AvgIpc) is 1.04. The number of hydrogen-bond acceptors (Lipinski definition) is 27. The first-order valence-electron chi connectivity index (χ1n) is 46.3. The van der Waals surface area contributed by atoms with Crippen LogP contribution in [0.25, 0.3) is 90.2 Å². The number of aromatic nitrogens is 12. The highest BCUT2D eigenvalue weighted by atomic mass is 35.5. The Hall–Kier alpha value is -14.5. The Kier molecular flexibility index (Phi) is 29.9. The molecule has 714 valence electrons. The van der Waals surface area contributed by atoms with Gasteiger partial charge in [0, 0.05) is 231 Å². The third kappa shape index (κ3) is 22.0. The molecule has 138 heavy (non-hydrogen) atoms. The fraction of sp³-hybridized carbons (Fsp3) is 0.311. The van der Waals surface area contributed by atoms with Gasteiger partial charge in [-0.25, -0.2) is 29.9 Å². The van der Waals surface area contributed by atoms with Crippen molar-refractivity contribution in [2.45, 2.75) is 46.7 Å². The first-order valence-corrected chi connectivity index (χ1v) is 47.1. The Bertz CT molecular complexity index is 7440. The molecule has 0 aliphatic carbocycles. The molecule has 4 N–H and O–H groups in total. The molecule has 5 aliphatic heterocycles. The van der Waals surface area contributed by atoms with Gasteiger partial charge in [-0.15, -0.1) is 0 Å². The highest BCUT2D eigenvalue weighted by Gasteiger charge is 2.24. The van der Waals surface area contributed by atoms with Gasteiger partial charge in [0.25, 0.3) is 27.8 Å². The fourth-order valence-electron chi connectivity index (χ4n) is 17.5. The Morgan fingerprint density at radius 3 is 0.942 bits per heavy atom. The molecule has 5 aliphatic rings. The number of anilines is 5. The smallest absolute Gasteiger partial charge is 0.258 e. The molecule has 0 amide bonds. The van der Waals surface area contributed by atoms with Crippen molar-refractivity contribution >= 4 is 85.5 Å². The molecule has 4 aromatic carbocycles. The van der Waals surface area contributed by atoms with Gasteiger partial charge in [-0.2, -0.15) is 0 Å². The summed E-state index contributed by atoms with van der Waals surface area (Å²) >= 11 is 12.4. The third-order valence-corrected chi connectivity index (χ3v) is 25.4. The van der Waals surface area contributed by atoms with E-state index in [2.05, 4.69) is 97.6 Å². The minimum Gasteiger partial charge on any atom is -0.495 e. The molecule has 0 bridgehead atoms. The molecule has 0 unspecified atom stereocenters. The van der Waals surface area contributed by atoms with Gasteiger partial charge in [0.05, 0.1) is 114 Å². The Morgan fingerprint density at radius 1 is 0.319 bits per heavy atom. The lowest BCUT2D eigenvalue weighted by Gasteiger charge is -2.34. The maximum Gasteiger partial charge on any atom is 0.258 e. The molecule has 35 heteroatoms. The zero-order valence-corrected chi connectivity index (χ0v) is 80.4. The van der Waals surface area contributed by atoms with E-state index in [1.165, 1.54) is 12.1 Å². The molecular formula is C103H112Cl2N22O11. The first-order chi connectivity index (χ1) is 67.0. The van der Waals surface area contributed by atoms with Crippen LogP contribution in [-0.4, -0.2) is 240 Å². The molecule has 33 nitrogen and oxygen atoms in total. The summed E-state index contributed by atoms with van der Waals surface area (Å²) in [5.74, 6) is 3.77. The Balaban J connectivity index is 0.000000119. The standard InChI is InChI=1S/C22H26N4O3.C21H22N6O.C21H24N4O3.C20H21ClN4O2.C19H19ClN4O2/c1-4-29-20-11-16(5-7-19(20)28-3)18-12-22(27)26-14-17(6-8-21(26)24-18)25-10-9-23-15(2)13-25;1-15-12-26-13-16(3-5-19(26)22-15)18-11-21(28)27-14-17(4-6-20(27)23-18)25-9-7-24(2)8-10-25;1-3-28-19-12-15(4-6-18(19)27-2)17-13-21(26)25-14-16(5-7-20(25)23-17)24-10-8-22-9-11-24;1-13-11-24(8-7-22-13)15-4-6-19-23-17(10-20(26)25(19)12-15)14-3-5-18(27-2)16(21)9-14;1-26-17-4-2-13(10-15(17)20)16-11-19(25)24-12-14(3-5-18(24)22-16)23-8-6-21-7-9-23/h5-8,11-12,14-15,23H,4,9-10,13H2,1-3H3;3-6,11-14H,7-10H2,1-2H3;4-7,12-14,22H,3,8-11H2,1-2H3;3-6,9-10,12-13,22H,7-8,11H2,1-2H3;2-5,10-12,21H,6-9H2,1H3/t15-;;;13-;/m0..0./s1. The second-order valence-electron chi connectivity index (χ2n) is 34.2. The molecule has 2 atom stereocenters. The van der Waals surface area contributed by atoms with Gasteiger partial charge in [0.1, 0.15) is 45.4 Å². The number of ether oxygens (including phenoxy) is 6. The topological polar surface area (TPSA) is 312 Å². The van der Waals surface area contributed by atoms with Crippen LogP contribution in [0.15, 0.2) is 243 Å². The lowest BCUT2D eigenvalue weighted by Crippen LogP contribution is -2.49. The van der Waals surface area contributed by atoms with Gasteiger partial charge in [0.15, 0.2) is 23.0 Å². The quantitative estimate of drug-likeness (QED) is 0.0620. The number of hydrogen-bond donors (Lipinski definition) is 4. The molecule has 5 saturated heterocycles. The molecule has 17 heterocycles. The molecule has 16 aromatic rings. The summed E-state index contributed by atoms with van der Waals surface area (Å²) in [7, 11) is 8.48. The predicted molar refractivity (Wildman–Crippen MR) is 546 cm³/mol. The number of methoxy groups -OCH3 is 4. The Labute approximate surface area is 807 Å². The van der Waals surface area contributed by atoms with Crippen LogP contribution in [0.4, 0.5) is 28.4 Å². The van der Waals surface area contributed by atoms with Gasteiger partial charge >= 0.3 is 0 Å². The van der Waals surface area contributed by atoms with E-state index in [-0.39, 0.29) is 27.8 Å². The van der Waals surface area contributed by atoms with Crippen molar-refractivity contribution in [2.24, 2.45) is 0 Å². The van der Waals surface area contributed by atoms with E-state index in [0.29, 0.717) is 127 Å². The lowest BCUT2D eigenvalue weighted by molar-refractivity contribution is 0.311. The van der Waals surface area contributed by atoms with Gasteiger partial charge in [0.2, 0.25) is 0 Å². The van der Waals surface area contributed by atoms with E-state index in [9.17, 15) is 24.0 Å². The largest absolute Gasteiger partial charge is 0.495 e. The number of fused-ring (bicyclic) bond motifs is 6. The van der Waals surface area contributed by atoms with Crippen molar-refractivity contribution in [1.29, 1.82) is 0 Å². The minimum absolute atomic E-state index is 0.0714. The summed E-state index contributed by atoms with van der Waals surface area (Å²) in [5.41, 5.74) is 16.8. The Morgan fingerprint density at radius 2 is 0.616 bits per heavy atom. The monoisotopic (exact) mass is 1900 g/mol. The molecule has 0 spiro atoms. The van der Waals surface area contributed by atoms with Crippen LogP contribution in [0.3, 0.4) is 0 Å². The molecule has 5 fully saturated rings. The normalized spacial score (nSPS) is 15.7. The second kappa shape index (κ2) is 43.3. The summed E-state index contributed by atoms with van der Waals surface area (Å²) in [6.45, 7) is 28.2.